The van der Waals surface area contributed by atoms with E-state index in [1.54, 1.807) is 0 Å². The van der Waals surface area contributed by atoms with Crippen LogP contribution in [0.15, 0.2) is 276 Å². The molecule has 11 aromatic carbocycles. The Morgan fingerprint density at radius 2 is 1.00 bits per heavy atom. The first-order valence-corrected chi connectivity index (χ1v) is 26.0. The van der Waals surface area contributed by atoms with E-state index in [9.17, 15) is 0 Å². The molecule has 2 heterocycles. The molecule has 13 aromatic rings. The Morgan fingerprint density at radius 3 is 1.66 bits per heavy atom. The number of hydrogen-bond acceptors (Lipinski definition) is 2. The van der Waals surface area contributed by atoms with E-state index in [2.05, 4.69) is 229 Å². The summed E-state index contributed by atoms with van der Waals surface area (Å²) in [5, 5.41) is 4.42. The molecule has 1 spiro atoms. The summed E-state index contributed by atoms with van der Waals surface area (Å²) < 4.78 is 9.18. The molecule has 0 bridgehead atoms. The first kappa shape index (κ1) is 43.7. The molecule has 76 heavy (non-hydrogen) atoms. The van der Waals surface area contributed by atoms with Crippen molar-refractivity contribution in [2.75, 3.05) is 0 Å². The molecule has 356 valence electrons. The lowest BCUT2D eigenvalue weighted by atomic mass is 9.69. The van der Waals surface area contributed by atoms with Gasteiger partial charge in [0.15, 0.2) is 5.84 Å². The molecule has 2 aliphatic carbocycles. The van der Waals surface area contributed by atoms with Crippen molar-refractivity contribution in [3.05, 3.63) is 300 Å². The van der Waals surface area contributed by atoms with Crippen molar-refractivity contribution in [1.29, 1.82) is 0 Å². The number of hydrogen-bond donors (Lipinski definition) is 0. The van der Waals surface area contributed by atoms with Crippen molar-refractivity contribution >= 4 is 61.0 Å². The maximum absolute atomic E-state index is 6.73. The van der Waals surface area contributed by atoms with Crippen LogP contribution in [0.3, 0.4) is 0 Å². The highest BCUT2D eigenvalue weighted by Gasteiger charge is 2.52. The minimum absolute atomic E-state index is 0.497. The van der Waals surface area contributed by atoms with Gasteiger partial charge >= 0.3 is 0 Å². The van der Waals surface area contributed by atoms with E-state index in [-0.39, 0.29) is 0 Å². The standard InChI is InChI=1S/C72H47N3O/c1-45(47-21-6-3-7-22-47)73-71(52-42-50(48-23-8-4-9-24-48)41-51(43-52)49-25-10-5-11-26-49)74-46(2)54-31-20-36-67-68(54)60-44-53(37-40-66(60)76-67)75-64-35-19-15-30-59(64)69-65(75)39-38-58-57-29-14-18-34-63(57)72(70(58)69)61-32-16-12-27-55(61)56-28-13-17-33-62(56)72/h3-44H,2H2,1H3. The Morgan fingerprint density at radius 1 is 0.421 bits per heavy atom. The Kier molecular flexibility index (Phi) is 9.82. The predicted octanol–water partition coefficient (Wildman–Crippen LogP) is 18.3. The van der Waals surface area contributed by atoms with E-state index in [1.165, 1.54) is 55.3 Å². The quantitative estimate of drug-likeness (QED) is 0.116. The average Bonchev–Trinajstić information content (AvgIpc) is 4.31. The van der Waals surface area contributed by atoms with Gasteiger partial charge in [-0.3, -0.25) is 0 Å². The summed E-state index contributed by atoms with van der Waals surface area (Å²) in [6.07, 6.45) is 0. The van der Waals surface area contributed by atoms with Crippen molar-refractivity contribution in [2.24, 2.45) is 9.98 Å². The van der Waals surface area contributed by atoms with Crippen LogP contribution in [0, 0.1) is 0 Å². The van der Waals surface area contributed by atoms with Crippen LogP contribution in [0.1, 0.15) is 45.9 Å². The Bertz CT molecular complexity index is 4470. The molecule has 0 saturated heterocycles. The zero-order chi connectivity index (χ0) is 50.5. The van der Waals surface area contributed by atoms with Crippen LogP contribution >= 0.6 is 0 Å². The van der Waals surface area contributed by atoms with Gasteiger partial charge in [0.2, 0.25) is 0 Å². The fourth-order valence-corrected chi connectivity index (χ4v) is 12.7. The van der Waals surface area contributed by atoms with Crippen molar-refractivity contribution < 1.29 is 4.42 Å². The summed E-state index contributed by atoms with van der Waals surface area (Å²) in [5.74, 6) is 0.567. The van der Waals surface area contributed by atoms with Gasteiger partial charge in [-0.2, -0.15) is 0 Å². The first-order chi connectivity index (χ1) is 37.5. The minimum Gasteiger partial charge on any atom is -0.456 e. The van der Waals surface area contributed by atoms with Gasteiger partial charge in [0.1, 0.15) is 11.2 Å². The normalized spacial score (nSPS) is 13.4. The summed E-state index contributed by atoms with van der Waals surface area (Å²) in [6, 6.07) is 91.5. The fraction of sp³-hybridized carbons (Fsp3) is 0.0278. The van der Waals surface area contributed by atoms with Crippen LogP contribution in [0.4, 0.5) is 0 Å². The number of furan rings is 1. The second-order valence-electron chi connectivity index (χ2n) is 20.1. The van der Waals surface area contributed by atoms with Crippen LogP contribution in [0.25, 0.3) is 99.6 Å². The minimum atomic E-state index is -0.497. The third-order valence-corrected chi connectivity index (χ3v) is 15.9. The van der Waals surface area contributed by atoms with Crippen LogP contribution in [0.2, 0.25) is 0 Å². The Labute approximate surface area is 440 Å². The van der Waals surface area contributed by atoms with Crippen LogP contribution < -0.4 is 0 Å². The number of rotatable bonds is 7. The maximum Gasteiger partial charge on any atom is 0.160 e. The summed E-state index contributed by atoms with van der Waals surface area (Å²) in [5.41, 5.74) is 23.5. The smallest absolute Gasteiger partial charge is 0.160 e. The lowest BCUT2D eigenvalue weighted by Gasteiger charge is -2.31. The van der Waals surface area contributed by atoms with Gasteiger partial charge < -0.3 is 8.98 Å². The summed E-state index contributed by atoms with van der Waals surface area (Å²) in [4.78, 5) is 10.8. The predicted molar refractivity (Wildman–Crippen MR) is 316 cm³/mol. The summed E-state index contributed by atoms with van der Waals surface area (Å²) in [7, 11) is 0. The zero-order valence-corrected chi connectivity index (χ0v) is 41.7. The SMILES string of the molecule is C=C(N=C(N=C(C)c1ccccc1)c1cc(-c2ccccc2)cc(-c2ccccc2)c1)c1cccc2oc3ccc(-n4c5ccccc5c5c6c(ccc54)-c4ccccc4C64c5ccccc5-c5ccccc54)cc3c12. The molecule has 0 amide bonds. The highest BCUT2D eigenvalue weighted by Crippen LogP contribution is 2.64. The summed E-state index contributed by atoms with van der Waals surface area (Å²) in [6.45, 7) is 6.78. The van der Waals surface area contributed by atoms with Gasteiger partial charge in [0.25, 0.3) is 0 Å². The molecule has 2 aromatic heterocycles. The lowest BCUT2D eigenvalue weighted by Crippen LogP contribution is -2.26. The molecule has 0 saturated carbocycles. The van der Waals surface area contributed by atoms with Crippen molar-refractivity contribution in [3.8, 4) is 50.2 Å². The molecule has 15 rings (SSSR count). The lowest BCUT2D eigenvalue weighted by molar-refractivity contribution is 0.669. The number of aromatic nitrogens is 1. The van der Waals surface area contributed by atoms with Crippen molar-refractivity contribution in [3.63, 3.8) is 0 Å². The fourth-order valence-electron chi connectivity index (χ4n) is 12.7. The van der Waals surface area contributed by atoms with Crippen LogP contribution in [-0.4, -0.2) is 16.1 Å². The second kappa shape index (κ2) is 17.1. The molecular weight excluding hydrogens is 923 g/mol. The van der Waals surface area contributed by atoms with Gasteiger partial charge in [0, 0.05) is 44.1 Å². The molecule has 4 heteroatoms. The average molecular weight is 970 g/mol. The van der Waals surface area contributed by atoms with Gasteiger partial charge in [-0.15, -0.1) is 0 Å². The molecule has 2 aliphatic rings. The largest absolute Gasteiger partial charge is 0.456 e. The topological polar surface area (TPSA) is 42.8 Å². The molecule has 4 nitrogen and oxygen atoms in total. The Balaban J connectivity index is 0.931. The third kappa shape index (κ3) is 6.50. The number of nitrogens with zero attached hydrogens (tertiary/aromatic N) is 3. The molecule has 0 unspecified atom stereocenters. The van der Waals surface area contributed by atoms with Crippen molar-refractivity contribution in [2.45, 2.75) is 12.3 Å². The highest BCUT2D eigenvalue weighted by molar-refractivity contribution is 6.18. The van der Waals surface area contributed by atoms with Crippen LogP contribution in [-0.2, 0) is 5.41 Å². The number of amidine groups is 1. The number of benzene rings is 11. The van der Waals surface area contributed by atoms with E-state index in [1.807, 2.05) is 37.3 Å². The molecule has 0 atom stereocenters. The molecule has 0 aliphatic heterocycles. The highest BCUT2D eigenvalue weighted by atomic mass is 16.3. The Hall–Kier alpha value is -9.90. The van der Waals surface area contributed by atoms with Crippen molar-refractivity contribution in [1.82, 2.24) is 4.57 Å². The molecule has 0 fully saturated rings. The number of fused-ring (bicyclic) bond motifs is 17. The zero-order valence-electron chi connectivity index (χ0n) is 41.7. The van der Waals surface area contributed by atoms with Crippen LogP contribution in [0.5, 0.6) is 0 Å². The number of para-hydroxylation sites is 1. The summed E-state index contributed by atoms with van der Waals surface area (Å²) >= 11 is 0. The maximum atomic E-state index is 6.73. The molecular formula is C72H47N3O. The van der Waals surface area contributed by atoms with E-state index < -0.39 is 5.41 Å². The van der Waals surface area contributed by atoms with Gasteiger partial charge in [-0.05, 0) is 134 Å². The first-order valence-electron chi connectivity index (χ1n) is 26.0. The molecule has 0 N–H and O–H groups in total. The van der Waals surface area contributed by atoms with Gasteiger partial charge in [-0.25, -0.2) is 9.98 Å². The van der Waals surface area contributed by atoms with Gasteiger partial charge in [-0.1, -0.05) is 207 Å². The van der Waals surface area contributed by atoms with E-state index in [0.717, 1.165) is 83.3 Å². The molecule has 0 radical (unpaired) electrons. The van der Waals surface area contributed by atoms with E-state index in [0.29, 0.717) is 11.5 Å². The van der Waals surface area contributed by atoms with E-state index >= 15 is 0 Å². The third-order valence-electron chi connectivity index (χ3n) is 15.9. The van der Waals surface area contributed by atoms with Gasteiger partial charge in [0.05, 0.1) is 22.1 Å². The monoisotopic (exact) mass is 969 g/mol. The van der Waals surface area contributed by atoms with E-state index in [4.69, 9.17) is 21.0 Å². The second-order valence-corrected chi connectivity index (χ2v) is 20.1. The number of aliphatic imine (C=N–C) groups is 2.